The summed E-state index contributed by atoms with van der Waals surface area (Å²) in [4.78, 5) is 10.3. The summed E-state index contributed by atoms with van der Waals surface area (Å²) in [6, 6.07) is 23.4. The average Bonchev–Trinajstić information content (AvgIpc) is 2.72. The number of nitriles is 1. The van der Waals surface area contributed by atoms with Gasteiger partial charge in [0.1, 0.15) is 12.4 Å². The minimum absolute atomic E-state index is 0.0419. The van der Waals surface area contributed by atoms with Gasteiger partial charge >= 0.3 is 0 Å². The van der Waals surface area contributed by atoms with Crippen molar-refractivity contribution < 1.29 is 9.66 Å². The first-order chi connectivity index (χ1) is 13.6. The lowest BCUT2D eigenvalue weighted by Gasteiger charge is -2.10. The van der Waals surface area contributed by atoms with Crippen LogP contribution in [0.25, 0.3) is 11.6 Å². The third kappa shape index (κ3) is 4.84. The number of nitrogens with zero attached hydrogens (tertiary/aromatic N) is 2. The number of allylic oxidation sites excluding steroid dienone is 1. The second-order valence-electron chi connectivity index (χ2n) is 5.93. The van der Waals surface area contributed by atoms with Crippen LogP contribution < -0.4 is 4.74 Å². The SMILES string of the molecule is N#CC(=Cc1ccccc1OCc1ccc([N+](=O)[O-])cc1)c1ccc(Br)cc1. The highest BCUT2D eigenvalue weighted by Crippen LogP contribution is 2.26. The molecule has 0 saturated carbocycles. The van der Waals surface area contributed by atoms with E-state index in [0.29, 0.717) is 11.3 Å². The van der Waals surface area contributed by atoms with E-state index in [1.807, 2.05) is 48.5 Å². The summed E-state index contributed by atoms with van der Waals surface area (Å²) in [7, 11) is 0. The lowest BCUT2D eigenvalue weighted by Crippen LogP contribution is -1.97. The molecule has 0 aliphatic heterocycles. The number of ether oxygens (including phenoxy) is 1. The molecule has 0 N–H and O–H groups in total. The maximum Gasteiger partial charge on any atom is 0.269 e. The second kappa shape index (κ2) is 8.98. The van der Waals surface area contributed by atoms with Crippen molar-refractivity contribution in [1.82, 2.24) is 0 Å². The summed E-state index contributed by atoms with van der Waals surface area (Å²) in [5.41, 5.74) is 2.98. The fourth-order valence-corrected chi connectivity index (χ4v) is 2.84. The van der Waals surface area contributed by atoms with Gasteiger partial charge in [-0.3, -0.25) is 10.1 Å². The zero-order valence-corrected chi connectivity index (χ0v) is 16.3. The van der Waals surface area contributed by atoms with E-state index >= 15 is 0 Å². The first-order valence-corrected chi connectivity index (χ1v) is 9.19. The van der Waals surface area contributed by atoms with Gasteiger partial charge in [-0.1, -0.05) is 46.3 Å². The van der Waals surface area contributed by atoms with Crippen LogP contribution in [0, 0.1) is 21.4 Å². The molecule has 0 heterocycles. The molecule has 0 amide bonds. The van der Waals surface area contributed by atoms with Gasteiger partial charge in [0.25, 0.3) is 5.69 Å². The van der Waals surface area contributed by atoms with Crippen LogP contribution in [0.2, 0.25) is 0 Å². The molecule has 3 aromatic carbocycles. The quantitative estimate of drug-likeness (QED) is 0.206. The van der Waals surface area contributed by atoms with Crippen molar-refractivity contribution >= 4 is 33.3 Å². The molecule has 0 aliphatic rings. The Morgan fingerprint density at radius 3 is 2.39 bits per heavy atom. The number of hydrogen-bond donors (Lipinski definition) is 0. The monoisotopic (exact) mass is 434 g/mol. The highest BCUT2D eigenvalue weighted by molar-refractivity contribution is 9.10. The predicted molar refractivity (Wildman–Crippen MR) is 111 cm³/mol. The van der Waals surface area contributed by atoms with Crippen LogP contribution in [-0.4, -0.2) is 4.92 Å². The van der Waals surface area contributed by atoms with Crippen molar-refractivity contribution in [1.29, 1.82) is 5.26 Å². The molecule has 0 atom stereocenters. The number of para-hydroxylation sites is 1. The highest BCUT2D eigenvalue weighted by atomic mass is 79.9. The van der Waals surface area contributed by atoms with E-state index < -0.39 is 4.92 Å². The van der Waals surface area contributed by atoms with Crippen molar-refractivity contribution in [3.63, 3.8) is 0 Å². The van der Waals surface area contributed by atoms with Gasteiger partial charge in [-0.05, 0) is 47.5 Å². The zero-order valence-electron chi connectivity index (χ0n) is 14.7. The fraction of sp³-hybridized carbons (Fsp3) is 0.0455. The molecule has 6 heteroatoms. The maximum atomic E-state index is 10.7. The van der Waals surface area contributed by atoms with Gasteiger partial charge in [0.15, 0.2) is 0 Å². The van der Waals surface area contributed by atoms with Crippen molar-refractivity contribution in [2.45, 2.75) is 6.61 Å². The van der Waals surface area contributed by atoms with Gasteiger partial charge in [-0.15, -0.1) is 0 Å². The number of halogens is 1. The minimum Gasteiger partial charge on any atom is -0.488 e. The predicted octanol–water partition coefficient (Wildman–Crippen LogP) is 6.00. The van der Waals surface area contributed by atoms with E-state index in [1.165, 1.54) is 12.1 Å². The lowest BCUT2D eigenvalue weighted by molar-refractivity contribution is -0.384. The lowest BCUT2D eigenvalue weighted by atomic mass is 10.0. The summed E-state index contributed by atoms with van der Waals surface area (Å²) in [5, 5.41) is 20.3. The molecular formula is C22H15BrN2O3. The minimum atomic E-state index is -0.434. The van der Waals surface area contributed by atoms with E-state index in [1.54, 1.807) is 18.2 Å². The largest absolute Gasteiger partial charge is 0.488 e. The van der Waals surface area contributed by atoms with Crippen LogP contribution in [-0.2, 0) is 6.61 Å². The number of nitro groups is 1. The van der Waals surface area contributed by atoms with Gasteiger partial charge in [-0.2, -0.15) is 5.26 Å². The number of rotatable bonds is 6. The van der Waals surface area contributed by atoms with Crippen molar-refractivity contribution in [2.75, 3.05) is 0 Å². The molecule has 0 bridgehead atoms. The molecule has 28 heavy (non-hydrogen) atoms. The van der Waals surface area contributed by atoms with Crippen LogP contribution in [0.4, 0.5) is 5.69 Å². The molecule has 0 unspecified atom stereocenters. The van der Waals surface area contributed by atoms with Gasteiger partial charge < -0.3 is 4.74 Å². The molecular weight excluding hydrogens is 420 g/mol. The zero-order chi connectivity index (χ0) is 19.9. The Kier molecular flexibility index (Phi) is 6.20. The number of nitro benzene ring substituents is 1. The van der Waals surface area contributed by atoms with Crippen LogP contribution in [0.15, 0.2) is 77.3 Å². The maximum absolute atomic E-state index is 10.7. The summed E-state index contributed by atoms with van der Waals surface area (Å²) in [6.07, 6.45) is 1.79. The Hall–Kier alpha value is -3.43. The summed E-state index contributed by atoms with van der Waals surface area (Å²) >= 11 is 3.39. The molecule has 0 spiro atoms. The topological polar surface area (TPSA) is 76.2 Å². The summed E-state index contributed by atoms with van der Waals surface area (Å²) in [5.74, 6) is 0.630. The molecule has 0 fully saturated rings. The molecule has 0 aromatic heterocycles. The summed E-state index contributed by atoms with van der Waals surface area (Å²) < 4.78 is 6.84. The molecule has 3 aromatic rings. The van der Waals surface area contributed by atoms with Crippen LogP contribution in [0.3, 0.4) is 0 Å². The van der Waals surface area contributed by atoms with E-state index in [9.17, 15) is 15.4 Å². The van der Waals surface area contributed by atoms with Crippen LogP contribution >= 0.6 is 15.9 Å². The van der Waals surface area contributed by atoms with Crippen molar-refractivity contribution in [3.8, 4) is 11.8 Å². The molecule has 3 rings (SSSR count). The molecule has 0 aliphatic carbocycles. The van der Waals surface area contributed by atoms with E-state index in [-0.39, 0.29) is 12.3 Å². The first-order valence-electron chi connectivity index (χ1n) is 8.40. The Morgan fingerprint density at radius 2 is 1.75 bits per heavy atom. The van der Waals surface area contributed by atoms with Gasteiger partial charge in [0.05, 0.1) is 16.6 Å². The second-order valence-corrected chi connectivity index (χ2v) is 6.84. The van der Waals surface area contributed by atoms with Crippen LogP contribution in [0.1, 0.15) is 16.7 Å². The van der Waals surface area contributed by atoms with Gasteiger partial charge in [-0.25, -0.2) is 0 Å². The Labute approximate surface area is 170 Å². The Balaban J connectivity index is 1.81. The molecule has 5 nitrogen and oxygen atoms in total. The third-order valence-electron chi connectivity index (χ3n) is 4.04. The smallest absolute Gasteiger partial charge is 0.269 e. The Bertz CT molecular complexity index is 1050. The molecule has 0 saturated heterocycles. The number of benzene rings is 3. The van der Waals surface area contributed by atoms with E-state index in [4.69, 9.17) is 4.74 Å². The summed E-state index contributed by atoms with van der Waals surface area (Å²) in [6.45, 7) is 0.267. The van der Waals surface area contributed by atoms with Gasteiger partial charge in [0, 0.05) is 22.2 Å². The van der Waals surface area contributed by atoms with Crippen molar-refractivity contribution in [3.05, 3.63) is 104 Å². The standard InChI is InChI=1S/C22H15BrN2O3/c23-20-9-7-17(8-10-20)19(14-24)13-18-3-1-2-4-22(18)28-15-16-5-11-21(12-6-16)25(26)27/h1-13H,15H2. The van der Waals surface area contributed by atoms with Gasteiger partial charge in [0.2, 0.25) is 0 Å². The van der Waals surface area contributed by atoms with Crippen LogP contribution in [0.5, 0.6) is 5.75 Å². The molecule has 0 radical (unpaired) electrons. The number of non-ortho nitro benzene ring substituents is 1. The normalized spacial score (nSPS) is 10.9. The Morgan fingerprint density at radius 1 is 1.07 bits per heavy atom. The van der Waals surface area contributed by atoms with E-state index in [2.05, 4.69) is 22.0 Å². The third-order valence-corrected chi connectivity index (χ3v) is 4.56. The number of hydrogen-bond acceptors (Lipinski definition) is 4. The average molecular weight is 435 g/mol. The molecule has 138 valence electrons. The highest BCUT2D eigenvalue weighted by Gasteiger charge is 2.07. The first kappa shape index (κ1) is 19.3. The fourth-order valence-electron chi connectivity index (χ4n) is 2.57. The van der Waals surface area contributed by atoms with Crippen molar-refractivity contribution in [2.24, 2.45) is 0 Å². The van der Waals surface area contributed by atoms with E-state index in [0.717, 1.165) is 21.2 Å².